The molecular formula is C23H22F2N4O4. The van der Waals surface area contributed by atoms with Gasteiger partial charge in [0.1, 0.15) is 18.2 Å². The van der Waals surface area contributed by atoms with Crippen molar-refractivity contribution in [1.29, 1.82) is 0 Å². The number of rotatable bonds is 5. The number of hydrogen-bond acceptors (Lipinski definition) is 7. The average molecular weight is 456 g/mol. The summed E-state index contributed by atoms with van der Waals surface area (Å²) < 4.78 is 47.2. The fraction of sp³-hybridized carbons (Fsp3) is 0.348. The number of hydrogen-bond donors (Lipinski definition) is 0. The monoisotopic (exact) mass is 456 g/mol. The molecule has 5 rings (SSSR count). The lowest BCUT2D eigenvalue weighted by molar-refractivity contribution is 0.0847. The fourth-order valence-electron chi connectivity index (χ4n) is 4.05. The van der Waals surface area contributed by atoms with Crippen LogP contribution in [-0.4, -0.2) is 40.3 Å². The summed E-state index contributed by atoms with van der Waals surface area (Å²) in [5.74, 6) is -1.22. The maximum Gasteiger partial charge on any atom is 0.352 e. The van der Waals surface area contributed by atoms with Crippen LogP contribution in [0, 0.1) is 18.6 Å². The predicted molar refractivity (Wildman–Crippen MR) is 115 cm³/mol. The molecule has 33 heavy (non-hydrogen) atoms. The molecule has 0 bridgehead atoms. The molecule has 0 radical (unpaired) electrons. The van der Waals surface area contributed by atoms with E-state index >= 15 is 0 Å². The summed E-state index contributed by atoms with van der Waals surface area (Å²) in [4.78, 5) is 22.6. The maximum atomic E-state index is 14.5. The summed E-state index contributed by atoms with van der Waals surface area (Å²) in [5, 5.41) is 0. The van der Waals surface area contributed by atoms with E-state index in [1.54, 1.807) is 29.7 Å². The van der Waals surface area contributed by atoms with Gasteiger partial charge in [0.2, 0.25) is 5.88 Å². The first-order valence-electron chi connectivity index (χ1n) is 10.7. The zero-order chi connectivity index (χ0) is 22.9. The molecule has 2 aliphatic rings. The number of nitrogens with zero attached hydrogens (tertiary/aromatic N) is 4. The highest BCUT2D eigenvalue weighted by molar-refractivity contribution is 5.45. The van der Waals surface area contributed by atoms with Gasteiger partial charge >= 0.3 is 5.69 Å². The molecule has 8 nitrogen and oxygen atoms in total. The highest BCUT2D eigenvalue weighted by atomic mass is 19.1. The largest absolute Gasteiger partial charge is 0.473 e. The normalized spacial score (nSPS) is 17.3. The minimum atomic E-state index is -0.871. The van der Waals surface area contributed by atoms with E-state index in [1.165, 1.54) is 6.20 Å². The molecule has 10 heteroatoms. The van der Waals surface area contributed by atoms with Gasteiger partial charge in [-0.15, -0.1) is 0 Å². The van der Waals surface area contributed by atoms with Crippen LogP contribution in [-0.2, 0) is 17.9 Å². The topological polar surface area (TPSA) is 78.7 Å². The minimum Gasteiger partial charge on any atom is -0.473 e. The second-order valence-corrected chi connectivity index (χ2v) is 8.01. The smallest absolute Gasteiger partial charge is 0.352 e. The molecular weight excluding hydrogens is 434 g/mol. The quantitative estimate of drug-likeness (QED) is 0.583. The van der Waals surface area contributed by atoms with Crippen molar-refractivity contribution in [3.63, 3.8) is 0 Å². The van der Waals surface area contributed by atoms with Gasteiger partial charge in [-0.1, -0.05) is 0 Å². The second-order valence-electron chi connectivity index (χ2n) is 8.01. The molecule has 2 aliphatic heterocycles. The molecule has 0 spiro atoms. The molecule has 2 aromatic heterocycles. The highest BCUT2D eigenvalue weighted by Gasteiger charge is 2.30. The Kier molecular flexibility index (Phi) is 5.67. The van der Waals surface area contributed by atoms with E-state index in [4.69, 9.17) is 14.2 Å². The van der Waals surface area contributed by atoms with Gasteiger partial charge in [-0.3, -0.25) is 9.55 Å². The average Bonchev–Trinajstić information content (AvgIpc) is 2.81. The van der Waals surface area contributed by atoms with Gasteiger partial charge in [0.25, 0.3) is 0 Å². The Morgan fingerprint density at radius 1 is 1.18 bits per heavy atom. The molecule has 1 fully saturated rings. The summed E-state index contributed by atoms with van der Waals surface area (Å²) in [7, 11) is 0. The van der Waals surface area contributed by atoms with Crippen LogP contribution in [0.15, 0.2) is 41.3 Å². The van der Waals surface area contributed by atoms with E-state index in [9.17, 15) is 13.6 Å². The number of fused-ring (bicyclic) bond motifs is 3. The Morgan fingerprint density at radius 3 is 2.76 bits per heavy atom. The van der Waals surface area contributed by atoms with E-state index in [0.717, 1.165) is 30.1 Å². The first-order chi connectivity index (χ1) is 16.0. The summed E-state index contributed by atoms with van der Waals surface area (Å²) in [6.45, 7) is 4.04. The molecule has 0 amide bonds. The Bertz CT molecular complexity index is 1210. The molecule has 172 valence electrons. The zero-order valence-electron chi connectivity index (χ0n) is 18.0. The fourth-order valence-corrected chi connectivity index (χ4v) is 4.05. The van der Waals surface area contributed by atoms with Crippen molar-refractivity contribution in [2.24, 2.45) is 0 Å². The summed E-state index contributed by atoms with van der Waals surface area (Å²) in [6, 6.07) is 7.41. The molecule has 1 atom stereocenters. The van der Waals surface area contributed by atoms with E-state index < -0.39 is 23.1 Å². The van der Waals surface area contributed by atoms with Gasteiger partial charge in [0.05, 0.1) is 25.5 Å². The first-order valence-corrected chi connectivity index (χ1v) is 10.7. The Morgan fingerprint density at radius 2 is 2.00 bits per heavy atom. The van der Waals surface area contributed by atoms with Crippen LogP contribution < -0.4 is 20.1 Å². The van der Waals surface area contributed by atoms with Gasteiger partial charge in [-0.05, 0) is 43.2 Å². The lowest BCUT2D eigenvalue weighted by Gasteiger charge is -2.41. The van der Waals surface area contributed by atoms with Crippen molar-refractivity contribution in [3.05, 3.63) is 69.9 Å². The van der Waals surface area contributed by atoms with Crippen LogP contribution >= 0.6 is 0 Å². The standard InChI is InChI=1S/C23H22F2N4O4/c1-14-2-3-17(11-26-14)33-22-18(24)8-15(9-19(22)25)12-32-20-10-21-28-6-7-31-13-16(28)4-5-29(21)23(30)27-20/h2-3,8-11,16H,4-7,12-13H2,1H3/t16-/m0/s1. The van der Waals surface area contributed by atoms with Crippen LogP contribution in [0.3, 0.4) is 0 Å². The van der Waals surface area contributed by atoms with Crippen molar-refractivity contribution in [2.45, 2.75) is 32.5 Å². The molecule has 4 heterocycles. The molecule has 0 aliphatic carbocycles. The molecule has 3 aromatic rings. The SMILES string of the molecule is Cc1ccc(Oc2c(F)cc(COc3cc4n(c(=O)n3)CC[C@H]3COCCN43)cc2F)cn1. The van der Waals surface area contributed by atoms with E-state index in [-0.39, 0.29) is 29.8 Å². The third kappa shape index (κ3) is 4.38. The van der Waals surface area contributed by atoms with Gasteiger partial charge in [0.15, 0.2) is 17.4 Å². The molecule has 0 unspecified atom stereocenters. The van der Waals surface area contributed by atoms with E-state index in [2.05, 4.69) is 14.9 Å². The van der Waals surface area contributed by atoms with Gasteiger partial charge in [0, 0.05) is 24.8 Å². The van der Waals surface area contributed by atoms with Crippen molar-refractivity contribution in [1.82, 2.24) is 14.5 Å². The number of anilines is 1. The van der Waals surface area contributed by atoms with Crippen molar-refractivity contribution in [3.8, 4) is 17.4 Å². The predicted octanol–water partition coefficient (Wildman–Crippen LogP) is 3.21. The van der Waals surface area contributed by atoms with Gasteiger partial charge in [-0.2, -0.15) is 4.98 Å². The number of pyridine rings is 1. The Labute approximate surface area is 188 Å². The van der Waals surface area contributed by atoms with Crippen LogP contribution in [0.2, 0.25) is 0 Å². The van der Waals surface area contributed by atoms with Crippen LogP contribution in [0.5, 0.6) is 17.4 Å². The highest BCUT2D eigenvalue weighted by Crippen LogP contribution is 2.30. The van der Waals surface area contributed by atoms with Crippen LogP contribution in [0.1, 0.15) is 17.7 Å². The molecule has 0 N–H and O–H groups in total. The molecule has 1 aromatic carbocycles. The first kappa shape index (κ1) is 21.3. The maximum absolute atomic E-state index is 14.5. The van der Waals surface area contributed by atoms with Crippen molar-refractivity contribution >= 4 is 5.82 Å². The van der Waals surface area contributed by atoms with Crippen molar-refractivity contribution < 1.29 is 23.0 Å². The lowest BCUT2D eigenvalue weighted by atomic mass is 10.1. The van der Waals surface area contributed by atoms with E-state index in [0.29, 0.717) is 26.3 Å². The number of benzene rings is 1. The van der Waals surface area contributed by atoms with Crippen LogP contribution in [0.25, 0.3) is 0 Å². The minimum absolute atomic E-state index is 0.102. The van der Waals surface area contributed by atoms with Gasteiger partial charge < -0.3 is 19.1 Å². The zero-order valence-corrected chi connectivity index (χ0v) is 18.0. The number of ether oxygens (including phenoxy) is 3. The number of aryl methyl sites for hydroxylation is 1. The Hall–Kier alpha value is -3.53. The molecule has 0 saturated carbocycles. The third-order valence-corrected chi connectivity index (χ3v) is 5.72. The summed E-state index contributed by atoms with van der Waals surface area (Å²) in [5.41, 5.74) is 0.582. The number of aromatic nitrogens is 3. The molecule has 1 saturated heterocycles. The third-order valence-electron chi connectivity index (χ3n) is 5.72. The lowest BCUT2D eigenvalue weighted by Crippen LogP contribution is -2.51. The number of halogens is 2. The van der Waals surface area contributed by atoms with Crippen molar-refractivity contribution in [2.75, 3.05) is 24.7 Å². The van der Waals surface area contributed by atoms with Gasteiger partial charge in [-0.25, -0.2) is 13.6 Å². The number of morpholine rings is 1. The second kappa shape index (κ2) is 8.78. The Balaban J connectivity index is 1.33. The summed E-state index contributed by atoms with van der Waals surface area (Å²) in [6.07, 6.45) is 2.20. The summed E-state index contributed by atoms with van der Waals surface area (Å²) >= 11 is 0. The van der Waals surface area contributed by atoms with E-state index in [1.807, 2.05) is 0 Å². The van der Waals surface area contributed by atoms with Crippen LogP contribution in [0.4, 0.5) is 14.6 Å².